The summed E-state index contributed by atoms with van der Waals surface area (Å²) in [5, 5.41) is 19.0. The van der Waals surface area contributed by atoms with E-state index in [0.717, 1.165) is 36.0 Å². The SMILES string of the molecule is COc1cc(CN2C(=O)N(C(CNC(CCO)c3ccccc3)CC3CC3)C(=O)C2(C)C)ccc1NC(=O)Nc1ccccc1C.Cl. The largest absolute Gasteiger partial charge is 0.495 e. The highest BCUT2D eigenvalue weighted by Gasteiger charge is 2.53. The summed E-state index contributed by atoms with van der Waals surface area (Å²) in [4.78, 5) is 43.8. The molecule has 10 nitrogen and oxygen atoms in total. The molecular weight excluding hydrogens is 618 g/mol. The summed E-state index contributed by atoms with van der Waals surface area (Å²) in [7, 11) is 1.52. The standard InChI is InChI=1S/C36H45N5O5.ClH/c1-24-10-8-9-13-29(24)38-34(44)39-31-17-16-26(21-32(31)46-4)23-40-35(45)41(33(43)36(40,2)3)28(20-25-14-15-25)22-37-30(18-19-42)27-11-6-5-7-12-27;/h5-13,16-17,21,25,28,30,37,42H,14-15,18-20,22-23H2,1-4H3,(H2,38,39,44);1H. The van der Waals surface area contributed by atoms with Gasteiger partial charge in [-0.2, -0.15) is 0 Å². The lowest BCUT2D eigenvalue weighted by Gasteiger charge is -2.29. The van der Waals surface area contributed by atoms with Gasteiger partial charge in [0.2, 0.25) is 0 Å². The minimum atomic E-state index is -1.06. The van der Waals surface area contributed by atoms with Crippen LogP contribution in [0.1, 0.15) is 62.3 Å². The lowest BCUT2D eigenvalue weighted by atomic mass is 10.0. The first-order chi connectivity index (χ1) is 22.1. The third-order valence-corrected chi connectivity index (χ3v) is 8.99. The number of aliphatic hydroxyl groups is 1. The van der Waals surface area contributed by atoms with Crippen LogP contribution in [0.25, 0.3) is 0 Å². The first kappa shape index (κ1) is 35.7. The summed E-state index contributed by atoms with van der Waals surface area (Å²) in [6.07, 6.45) is 3.47. The Kier molecular flexibility index (Phi) is 11.9. The number of ether oxygens (including phenoxy) is 1. The Hall–Kier alpha value is -4.12. The van der Waals surface area contributed by atoms with Gasteiger partial charge >= 0.3 is 12.1 Å². The summed E-state index contributed by atoms with van der Waals surface area (Å²) < 4.78 is 5.60. The molecule has 47 heavy (non-hydrogen) atoms. The van der Waals surface area contributed by atoms with Crippen molar-refractivity contribution in [3.8, 4) is 5.75 Å². The summed E-state index contributed by atoms with van der Waals surface area (Å²) in [5.74, 6) is 0.711. The van der Waals surface area contributed by atoms with Crippen molar-refractivity contribution in [3.05, 3.63) is 89.5 Å². The number of carbonyl (C=O) groups is 3. The van der Waals surface area contributed by atoms with E-state index in [4.69, 9.17) is 4.74 Å². The molecule has 3 aromatic rings. The van der Waals surface area contributed by atoms with Gasteiger partial charge in [-0.15, -0.1) is 12.4 Å². The third kappa shape index (κ3) is 8.43. The predicted octanol–water partition coefficient (Wildman–Crippen LogP) is 6.49. The lowest BCUT2D eigenvalue weighted by Crippen LogP contribution is -2.48. The van der Waals surface area contributed by atoms with E-state index in [9.17, 15) is 19.5 Å². The number of urea groups is 2. The molecular formula is C36H46ClN5O5. The van der Waals surface area contributed by atoms with E-state index in [1.54, 1.807) is 30.9 Å². The minimum absolute atomic E-state index is 0. The zero-order chi connectivity index (χ0) is 32.8. The molecule has 5 amide bonds. The molecule has 2 atom stereocenters. The number of methoxy groups -OCH3 is 1. The molecule has 3 aromatic carbocycles. The number of nitrogens with one attached hydrogen (secondary N) is 3. The van der Waals surface area contributed by atoms with Gasteiger partial charge in [0.25, 0.3) is 5.91 Å². The van der Waals surface area contributed by atoms with E-state index < -0.39 is 11.6 Å². The van der Waals surface area contributed by atoms with Gasteiger partial charge in [-0.1, -0.05) is 67.4 Å². The zero-order valence-electron chi connectivity index (χ0n) is 27.5. The van der Waals surface area contributed by atoms with E-state index >= 15 is 0 Å². The quantitative estimate of drug-likeness (QED) is 0.146. The van der Waals surface area contributed by atoms with E-state index in [-0.39, 0.29) is 49.6 Å². The van der Waals surface area contributed by atoms with E-state index in [2.05, 4.69) is 16.0 Å². The number of halogens is 1. The third-order valence-electron chi connectivity index (χ3n) is 8.99. The van der Waals surface area contributed by atoms with Gasteiger partial charge in [0, 0.05) is 31.4 Å². The molecule has 1 saturated heterocycles. The maximum Gasteiger partial charge on any atom is 0.328 e. The van der Waals surface area contributed by atoms with Crippen LogP contribution in [0.5, 0.6) is 5.75 Å². The fraction of sp³-hybridized carbons (Fsp3) is 0.417. The highest BCUT2D eigenvalue weighted by atomic mass is 35.5. The molecule has 2 unspecified atom stereocenters. The molecule has 1 heterocycles. The number of para-hydroxylation sites is 1. The molecule has 2 fully saturated rings. The number of aliphatic hydroxyl groups excluding tert-OH is 1. The number of anilines is 2. The molecule has 0 bridgehead atoms. The smallest absolute Gasteiger partial charge is 0.328 e. The highest BCUT2D eigenvalue weighted by Crippen LogP contribution is 2.39. The van der Waals surface area contributed by atoms with Crippen LogP contribution >= 0.6 is 12.4 Å². The molecule has 252 valence electrons. The second-order valence-corrected chi connectivity index (χ2v) is 12.7. The summed E-state index contributed by atoms with van der Waals surface area (Å²) in [6.45, 7) is 6.16. The predicted molar refractivity (Wildman–Crippen MR) is 186 cm³/mol. The van der Waals surface area contributed by atoms with Crippen molar-refractivity contribution < 1.29 is 24.2 Å². The first-order valence-corrected chi connectivity index (χ1v) is 16.0. The highest BCUT2D eigenvalue weighted by molar-refractivity contribution is 6.07. The Morgan fingerprint density at radius 1 is 1.00 bits per heavy atom. The van der Waals surface area contributed by atoms with Crippen LogP contribution < -0.4 is 20.7 Å². The van der Waals surface area contributed by atoms with Crippen LogP contribution in [0.3, 0.4) is 0 Å². The summed E-state index contributed by atoms with van der Waals surface area (Å²) in [5.41, 5.74) is 2.90. The molecule has 1 aliphatic carbocycles. The monoisotopic (exact) mass is 663 g/mol. The molecule has 1 saturated carbocycles. The second kappa shape index (κ2) is 15.6. The maximum absolute atomic E-state index is 14.1. The first-order valence-electron chi connectivity index (χ1n) is 16.0. The number of nitrogens with zero attached hydrogens (tertiary/aromatic N) is 2. The molecule has 11 heteroatoms. The van der Waals surface area contributed by atoms with Gasteiger partial charge in [0.05, 0.1) is 18.8 Å². The van der Waals surface area contributed by atoms with Crippen LogP contribution in [0.4, 0.5) is 21.0 Å². The lowest BCUT2D eigenvalue weighted by molar-refractivity contribution is -0.133. The van der Waals surface area contributed by atoms with Crippen molar-refractivity contribution in [1.82, 2.24) is 15.1 Å². The Bertz CT molecular complexity index is 1550. The van der Waals surface area contributed by atoms with Crippen molar-refractivity contribution in [1.29, 1.82) is 0 Å². The normalized spacial score (nSPS) is 16.8. The van der Waals surface area contributed by atoms with Crippen LogP contribution in [0.15, 0.2) is 72.8 Å². The topological polar surface area (TPSA) is 123 Å². The van der Waals surface area contributed by atoms with Crippen LogP contribution in [-0.2, 0) is 11.3 Å². The van der Waals surface area contributed by atoms with Gasteiger partial charge in [-0.3, -0.25) is 9.69 Å². The van der Waals surface area contributed by atoms with Crippen molar-refractivity contribution in [2.24, 2.45) is 5.92 Å². The maximum atomic E-state index is 14.1. The van der Waals surface area contributed by atoms with Gasteiger partial charge in [0.15, 0.2) is 0 Å². The van der Waals surface area contributed by atoms with Crippen LogP contribution in [-0.4, -0.2) is 64.7 Å². The second-order valence-electron chi connectivity index (χ2n) is 12.7. The van der Waals surface area contributed by atoms with E-state index in [1.807, 2.05) is 67.6 Å². The average molecular weight is 664 g/mol. The molecule has 0 spiro atoms. The Balaban J connectivity index is 0.00000500. The molecule has 5 rings (SSSR count). The number of benzene rings is 3. The number of carbonyl (C=O) groups excluding carboxylic acids is 3. The van der Waals surface area contributed by atoms with Gasteiger partial charge in [-0.25, -0.2) is 9.59 Å². The summed E-state index contributed by atoms with van der Waals surface area (Å²) >= 11 is 0. The number of rotatable bonds is 14. The van der Waals surface area contributed by atoms with Crippen molar-refractivity contribution in [2.45, 2.75) is 70.6 Å². The zero-order valence-corrected chi connectivity index (χ0v) is 28.3. The van der Waals surface area contributed by atoms with Gasteiger partial charge in [0.1, 0.15) is 11.3 Å². The number of hydrogen-bond acceptors (Lipinski definition) is 6. The van der Waals surface area contributed by atoms with Gasteiger partial charge in [-0.05, 0) is 74.4 Å². The number of hydrogen-bond donors (Lipinski definition) is 4. The fourth-order valence-corrected chi connectivity index (χ4v) is 6.06. The summed E-state index contributed by atoms with van der Waals surface area (Å²) in [6, 6.07) is 21.7. The van der Waals surface area contributed by atoms with E-state index in [1.165, 1.54) is 12.0 Å². The van der Waals surface area contributed by atoms with Crippen molar-refractivity contribution >= 4 is 41.8 Å². The molecule has 2 aliphatic rings. The number of aryl methyl sites for hydroxylation is 1. The molecule has 0 radical (unpaired) electrons. The van der Waals surface area contributed by atoms with Gasteiger partial charge < -0.3 is 30.7 Å². The molecule has 4 N–H and O–H groups in total. The number of amides is 5. The average Bonchev–Trinajstić information content (AvgIpc) is 3.85. The fourth-order valence-electron chi connectivity index (χ4n) is 6.06. The van der Waals surface area contributed by atoms with Crippen LogP contribution in [0.2, 0.25) is 0 Å². The Labute approximate surface area is 283 Å². The minimum Gasteiger partial charge on any atom is -0.495 e. The molecule has 0 aromatic heterocycles. The number of imide groups is 1. The van der Waals surface area contributed by atoms with Crippen molar-refractivity contribution in [2.75, 3.05) is 30.9 Å². The molecule has 1 aliphatic heterocycles. The van der Waals surface area contributed by atoms with E-state index in [0.29, 0.717) is 36.0 Å². The van der Waals surface area contributed by atoms with Crippen LogP contribution in [0, 0.1) is 12.8 Å². The Morgan fingerprint density at radius 3 is 2.34 bits per heavy atom. The van der Waals surface area contributed by atoms with Crippen molar-refractivity contribution in [3.63, 3.8) is 0 Å². The Morgan fingerprint density at radius 2 is 1.68 bits per heavy atom.